The highest BCUT2D eigenvalue weighted by atomic mass is 16.5. The van der Waals surface area contributed by atoms with E-state index in [2.05, 4.69) is 16.7 Å². The van der Waals surface area contributed by atoms with E-state index in [4.69, 9.17) is 4.74 Å². The van der Waals surface area contributed by atoms with Crippen LogP contribution in [0.1, 0.15) is 25.0 Å². The Morgan fingerprint density at radius 3 is 2.44 bits per heavy atom. The Morgan fingerprint density at radius 2 is 1.81 bits per heavy atom. The lowest BCUT2D eigenvalue weighted by molar-refractivity contribution is -0.115. The Labute approximate surface area is 160 Å². The van der Waals surface area contributed by atoms with E-state index in [9.17, 15) is 9.59 Å². The van der Waals surface area contributed by atoms with Crippen LogP contribution in [-0.4, -0.2) is 36.5 Å². The number of ether oxygens (including phenoxy) is 1. The van der Waals surface area contributed by atoms with Crippen LogP contribution in [0.25, 0.3) is 0 Å². The molecule has 6 heteroatoms. The van der Waals surface area contributed by atoms with E-state index in [1.54, 1.807) is 29.2 Å². The highest BCUT2D eigenvalue weighted by Gasteiger charge is 2.13. The summed E-state index contributed by atoms with van der Waals surface area (Å²) in [6.07, 6.45) is 0. The van der Waals surface area contributed by atoms with Crippen LogP contribution in [-0.2, 0) is 11.3 Å². The number of nitrogens with zero attached hydrogens (tertiary/aromatic N) is 1. The second-order valence-electron chi connectivity index (χ2n) is 6.17. The molecule has 144 valence electrons. The molecule has 0 radical (unpaired) electrons. The number of hydrogen-bond donors (Lipinski definition) is 2. The molecule has 0 unspecified atom stereocenters. The second-order valence-corrected chi connectivity index (χ2v) is 6.17. The van der Waals surface area contributed by atoms with Gasteiger partial charge in [-0.2, -0.15) is 0 Å². The molecule has 0 fully saturated rings. The van der Waals surface area contributed by atoms with E-state index in [0.29, 0.717) is 25.4 Å². The first kappa shape index (κ1) is 20.3. The van der Waals surface area contributed by atoms with Gasteiger partial charge in [0, 0.05) is 18.8 Å². The fraction of sp³-hybridized carbons (Fsp3) is 0.333. The van der Waals surface area contributed by atoms with Crippen molar-refractivity contribution in [1.29, 1.82) is 0 Å². The van der Waals surface area contributed by atoms with Crippen LogP contribution in [0.4, 0.5) is 10.5 Å². The van der Waals surface area contributed by atoms with E-state index in [0.717, 1.165) is 16.9 Å². The van der Waals surface area contributed by atoms with E-state index in [1.165, 1.54) is 0 Å². The number of rotatable bonds is 8. The first-order valence-electron chi connectivity index (χ1n) is 9.12. The Hall–Kier alpha value is -3.02. The highest BCUT2D eigenvalue weighted by molar-refractivity contribution is 5.94. The number of nitrogens with one attached hydrogen (secondary N) is 2. The lowest BCUT2D eigenvalue weighted by Gasteiger charge is -2.21. The minimum absolute atomic E-state index is 0.0869. The van der Waals surface area contributed by atoms with Crippen LogP contribution in [0.3, 0.4) is 0 Å². The van der Waals surface area contributed by atoms with Crippen molar-refractivity contribution in [3.63, 3.8) is 0 Å². The third kappa shape index (κ3) is 6.66. The summed E-state index contributed by atoms with van der Waals surface area (Å²) in [6.45, 7) is 7.41. The van der Waals surface area contributed by atoms with Crippen molar-refractivity contribution in [2.45, 2.75) is 27.3 Å². The Bertz CT molecular complexity index is 760. The Kier molecular flexibility index (Phi) is 7.67. The summed E-state index contributed by atoms with van der Waals surface area (Å²) in [6, 6.07) is 14.9. The van der Waals surface area contributed by atoms with Gasteiger partial charge in [-0.15, -0.1) is 0 Å². The fourth-order valence-electron chi connectivity index (χ4n) is 2.63. The van der Waals surface area contributed by atoms with Gasteiger partial charge in [-0.25, -0.2) is 4.79 Å². The number of amides is 3. The van der Waals surface area contributed by atoms with Gasteiger partial charge >= 0.3 is 6.03 Å². The molecular formula is C21H27N3O3. The topological polar surface area (TPSA) is 70.7 Å². The van der Waals surface area contributed by atoms with Crippen molar-refractivity contribution in [3.05, 3.63) is 59.7 Å². The molecule has 0 aliphatic carbocycles. The number of benzene rings is 2. The summed E-state index contributed by atoms with van der Waals surface area (Å²) in [5, 5.41) is 5.42. The maximum absolute atomic E-state index is 12.4. The van der Waals surface area contributed by atoms with Crippen LogP contribution < -0.4 is 15.4 Å². The van der Waals surface area contributed by atoms with Gasteiger partial charge in [0.05, 0.1) is 13.2 Å². The molecule has 27 heavy (non-hydrogen) atoms. The molecule has 0 heterocycles. The summed E-state index contributed by atoms with van der Waals surface area (Å²) in [7, 11) is 0. The molecule has 0 saturated heterocycles. The highest BCUT2D eigenvalue weighted by Crippen LogP contribution is 2.15. The van der Waals surface area contributed by atoms with Gasteiger partial charge in [-0.05, 0) is 50.6 Å². The van der Waals surface area contributed by atoms with Crippen molar-refractivity contribution in [2.75, 3.05) is 25.0 Å². The number of carbonyl (C=O) groups is 2. The second kappa shape index (κ2) is 10.2. The lowest BCUT2D eigenvalue weighted by atomic mass is 10.1. The molecule has 0 aromatic heterocycles. The van der Waals surface area contributed by atoms with Gasteiger partial charge in [0.15, 0.2) is 0 Å². The average Bonchev–Trinajstić information content (AvgIpc) is 2.66. The molecular weight excluding hydrogens is 342 g/mol. The minimum Gasteiger partial charge on any atom is -0.494 e. The van der Waals surface area contributed by atoms with Gasteiger partial charge in [0.1, 0.15) is 5.75 Å². The van der Waals surface area contributed by atoms with Gasteiger partial charge in [-0.3, -0.25) is 4.79 Å². The van der Waals surface area contributed by atoms with E-state index >= 15 is 0 Å². The molecule has 0 aliphatic heterocycles. The van der Waals surface area contributed by atoms with Gasteiger partial charge in [-0.1, -0.05) is 29.8 Å². The Balaban J connectivity index is 1.82. The first-order valence-corrected chi connectivity index (χ1v) is 9.12. The average molecular weight is 369 g/mol. The molecule has 6 nitrogen and oxygen atoms in total. The molecule has 3 amide bonds. The molecule has 2 N–H and O–H groups in total. The molecule has 2 rings (SSSR count). The molecule has 0 bridgehead atoms. The van der Waals surface area contributed by atoms with E-state index < -0.39 is 0 Å². The molecule has 0 spiro atoms. The van der Waals surface area contributed by atoms with Crippen LogP contribution in [0, 0.1) is 6.92 Å². The summed E-state index contributed by atoms with van der Waals surface area (Å²) in [5.74, 6) is 0.470. The maximum Gasteiger partial charge on any atom is 0.318 e. The quantitative estimate of drug-likeness (QED) is 0.747. The van der Waals surface area contributed by atoms with Crippen molar-refractivity contribution in [2.24, 2.45) is 0 Å². The summed E-state index contributed by atoms with van der Waals surface area (Å²) < 4.78 is 5.36. The lowest BCUT2D eigenvalue weighted by Crippen LogP contribution is -2.42. The number of carbonyl (C=O) groups excluding carboxylic acids is 2. The van der Waals surface area contributed by atoms with Crippen molar-refractivity contribution < 1.29 is 14.3 Å². The smallest absolute Gasteiger partial charge is 0.318 e. The zero-order valence-corrected chi connectivity index (χ0v) is 16.1. The standard InChI is InChI=1S/C21H27N3O3/c1-4-24(15-17-8-6-7-16(3)13-17)21(26)22-14-20(25)23-18-9-11-19(12-10-18)27-5-2/h6-13H,4-5,14-15H2,1-3H3,(H,22,26)(H,23,25). The zero-order chi connectivity index (χ0) is 19.6. The largest absolute Gasteiger partial charge is 0.494 e. The van der Waals surface area contributed by atoms with E-state index in [-0.39, 0.29) is 18.5 Å². The minimum atomic E-state index is -0.279. The normalized spacial score (nSPS) is 10.2. The molecule has 0 saturated carbocycles. The van der Waals surface area contributed by atoms with Crippen molar-refractivity contribution in [3.8, 4) is 5.75 Å². The van der Waals surface area contributed by atoms with Crippen LogP contribution >= 0.6 is 0 Å². The maximum atomic E-state index is 12.4. The Morgan fingerprint density at radius 1 is 1.07 bits per heavy atom. The summed E-state index contributed by atoms with van der Waals surface area (Å²) >= 11 is 0. The fourth-order valence-corrected chi connectivity index (χ4v) is 2.63. The van der Waals surface area contributed by atoms with E-state index in [1.807, 2.05) is 39.0 Å². The third-order valence-electron chi connectivity index (χ3n) is 3.97. The summed E-state index contributed by atoms with van der Waals surface area (Å²) in [5.41, 5.74) is 2.87. The first-order chi connectivity index (χ1) is 13.0. The molecule has 2 aromatic carbocycles. The third-order valence-corrected chi connectivity index (χ3v) is 3.97. The number of anilines is 1. The van der Waals surface area contributed by atoms with Crippen molar-refractivity contribution >= 4 is 17.6 Å². The number of aryl methyl sites for hydroxylation is 1. The van der Waals surface area contributed by atoms with Gasteiger partial charge in [0.2, 0.25) is 5.91 Å². The predicted octanol–water partition coefficient (Wildman–Crippen LogP) is 3.56. The van der Waals surface area contributed by atoms with Gasteiger partial charge < -0.3 is 20.3 Å². The monoisotopic (exact) mass is 369 g/mol. The number of hydrogen-bond acceptors (Lipinski definition) is 3. The predicted molar refractivity (Wildman–Crippen MR) is 107 cm³/mol. The van der Waals surface area contributed by atoms with Gasteiger partial charge in [0.25, 0.3) is 0 Å². The van der Waals surface area contributed by atoms with Crippen molar-refractivity contribution in [1.82, 2.24) is 10.2 Å². The SMILES string of the molecule is CCOc1ccc(NC(=O)CNC(=O)N(CC)Cc2cccc(C)c2)cc1. The molecule has 0 aliphatic rings. The number of urea groups is 1. The summed E-state index contributed by atoms with van der Waals surface area (Å²) in [4.78, 5) is 26.1. The van der Waals surface area contributed by atoms with Crippen LogP contribution in [0.2, 0.25) is 0 Å². The zero-order valence-electron chi connectivity index (χ0n) is 16.1. The molecule has 0 atom stereocenters. The van der Waals surface area contributed by atoms with Crippen LogP contribution in [0.5, 0.6) is 5.75 Å². The van der Waals surface area contributed by atoms with Crippen LogP contribution in [0.15, 0.2) is 48.5 Å². The molecule has 2 aromatic rings.